The van der Waals surface area contributed by atoms with Crippen LogP contribution in [0, 0.1) is 0 Å². The Morgan fingerprint density at radius 2 is 2.20 bits per heavy atom. The summed E-state index contributed by atoms with van der Waals surface area (Å²) in [6, 6.07) is 8.59. The average Bonchev–Trinajstić information content (AvgIpc) is 2.69. The number of nitrogens with one attached hydrogen (secondary N) is 2. The summed E-state index contributed by atoms with van der Waals surface area (Å²) in [5.41, 5.74) is 1.18. The third-order valence-electron chi connectivity index (χ3n) is 2.60. The first-order chi connectivity index (χ1) is 6.86. The summed E-state index contributed by atoms with van der Waals surface area (Å²) in [7, 11) is 0. The molecule has 1 fully saturated rings. The summed E-state index contributed by atoms with van der Waals surface area (Å²) in [5.74, 6) is 0. The Labute approximate surface area is 102 Å². The zero-order valence-corrected chi connectivity index (χ0v) is 10.1. The SMILES string of the molecule is Cl.Clc1ccccc1CNC1CCNC1. The topological polar surface area (TPSA) is 24.1 Å². The zero-order chi connectivity index (χ0) is 9.80. The number of hydrogen-bond acceptors (Lipinski definition) is 2. The molecule has 4 heteroatoms. The molecule has 1 saturated heterocycles. The molecule has 0 radical (unpaired) electrons. The van der Waals surface area contributed by atoms with E-state index in [2.05, 4.69) is 16.7 Å². The quantitative estimate of drug-likeness (QED) is 0.855. The number of hydrogen-bond donors (Lipinski definition) is 2. The van der Waals surface area contributed by atoms with Crippen molar-refractivity contribution >= 4 is 24.0 Å². The van der Waals surface area contributed by atoms with Crippen LogP contribution in [0.4, 0.5) is 0 Å². The van der Waals surface area contributed by atoms with E-state index in [9.17, 15) is 0 Å². The van der Waals surface area contributed by atoms with Crippen LogP contribution in [0.5, 0.6) is 0 Å². The monoisotopic (exact) mass is 246 g/mol. The molecule has 2 nitrogen and oxygen atoms in total. The molecule has 2 rings (SSSR count). The highest BCUT2D eigenvalue weighted by Gasteiger charge is 2.13. The van der Waals surface area contributed by atoms with E-state index in [4.69, 9.17) is 11.6 Å². The van der Waals surface area contributed by atoms with Crippen molar-refractivity contribution in [3.05, 3.63) is 34.9 Å². The predicted molar refractivity (Wildman–Crippen MR) is 66.8 cm³/mol. The second-order valence-electron chi connectivity index (χ2n) is 3.66. The molecular formula is C11H16Cl2N2. The van der Waals surface area contributed by atoms with Gasteiger partial charge in [0, 0.05) is 24.2 Å². The number of halogens is 2. The van der Waals surface area contributed by atoms with Gasteiger partial charge in [-0.2, -0.15) is 0 Å². The van der Waals surface area contributed by atoms with E-state index < -0.39 is 0 Å². The minimum absolute atomic E-state index is 0. The Kier molecular flexibility index (Phi) is 5.40. The second kappa shape index (κ2) is 6.33. The molecule has 0 spiro atoms. The Morgan fingerprint density at radius 3 is 2.87 bits per heavy atom. The molecule has 0 aliphatic carbocycles. The lowest BCUT2D eigenvalue weighted by Crippen LogP contribution is -2.30. The van der Waals surface area contributed by atoms with Gasteiger partial charge in [-0.15, -0.1) is 12.4 Å². The number of benzene rings is 1. The molecule has 1 aliphatic heterocycles. The summed E-state index contributed by atoms with van der Waals surface area (Å²) in [6.45, 7) is 3.07. The van der Waals surface area contributed by atoms with Crippen molar-refractivity contribution < 1.29 is 0 Å². The molecule has 0 aromatic heterocycles. The molecule has 1 aliphatic rings. The highest BCUT2D eigenvalue weighted by atomic mass is 35.5. The first-order valence-corrected chi connectivity index (χ1v) is 5.41. The van der Waals surface area contributed by atoms with Crippen molar-refractivity contribution in [2.45, 2.75) is 19.0 Å². The summed E-state index contributed by atoms with van der Waals surface area (Å²) in [4.78, 5) is 0. The molecule has 0 amide bonds. The molecule has 1 atom stereocenters. The van der Waals surface area contributed by atoms with Crippen LogP contribution >= 0.6 is 24.0 Å². The maximum Gasteiger partial charge on any atom is 0.0450 e. The minimum Gasteiger partial charge on any atom is -0.315 e. The largest absolute Gasteiger partial charge is 0.315 e. The van der Waals surface area contributed by atoms with Crippen LogP contribution in [0.2, 0.25) is 5.02 Å². The molecule has 0 saturated carbocycles. The van der Waals surface area contributed by atoms with Crippen molar-refractivity contribution in [2.75, 3.05) is 13.1 Å². The fraction of sp³-hybridized carbons (Fsp3) is 0.455. The normalized spacial score (nSPS) is 19.9. The standard InChI is InChI=1S/C11H15ClN2.ClH/c12-11-4-2-1-3-9(11)7-14-10-5-6-13-8-10;/h1-4,10,13-14H,5-8H2;1H. The third kappa shape index (κ3) is 3.65. The smallest absolute Gasteiger partial charge is 0.0450 e. The summed E-state index contributed by atoms with van der Waals surface area (Å²) >= 11 is 6.05. The van der Waals surface area contributed by atoms with E-state index >= 15 is 0 Å². The van der Waals surface area contributed by atoms with E-state index in [1.807, 2.05) is 18.2 Å². The molecular weight excluding hydrogens is 231 g/mol. The maximum absolute atomic E-state index is 6.05. The van der Waals surface area contributed by atoms with Crippen molar-refractivity contribution in [2.24, 2.45) is 0 Å². The van der Waals surface area contributed by atoms with Gasteiger partial charge in [-0.1, -0.05) is 29.8 Å². The Morgan fingerprint density at radius 1 is 1.40 bits per heavy atom. The van der Waals surface area contributed by atoms with Crippen LogP contribution in [0.1, 0.15) is 12.0 Å². The van der Waals surface area contributed by atoms with Crippen molar-refractivity contribution in [3.63, 3.8) is 0 Å². The molecule has 84 valence electrons. The average molecular weight is 247 g/mol. The molecule has 1 unspecified atom stereocenters. The third-order valence-corrected chi connectivity index (χ3v) is 2.97. The van der Waals surface area contributed by atoms with E-state index in [-0.39, 0.29) is 12.4 Å². The van der Waals surface area contributed by atoms with E-state index in [0.717, 1.165) is 24.7 Å². The molecule has 1 aromatic carbocycles. The van der Waals surface area contributed by atoms with Crippen molar-refractivity contribution in [3.8, 4) is 0 Å². The Balaban J connectivity index is 0.00000112. The van der Waals surface area contributed by atoms with Gasteiger partial charge in [-0.05, 0) is 24.6 Å². The highest BCUT2D eigenvalue weighted by molar-refractivity contribution is 6.31. The minimum atomic E-state index is 0. The fourth-order valence-electron chi connectivity index (χ4n) is 1.72. The van der Waals surface area contributed by atoms with Crippen molar-refractivity contribution in [1.29, 1.82) is 0 Å². The van der Waals surface area contributed by atoms with E-state index in [1.165, 1.54) is 12.0 Å². The lowest BCUT2D eigenvalue weighted by atomic mass is 10.2. The van der Waals surface area contributed by atoms with Crippen LogP contribution in [-0.4, -0.2) is 19.1 Å². The van der Waals surface area contributed by atoms with Gasteiger partial charge in [0.1, 0.15) is 0 Å². The number of rotatable bonds is 3. The van der Waals surface area contributed by atoms with Gasteiger partial charge < -0.3 is 10.6 Å². The van der Waals surface area contributed by atoms with Crippen LogP contribution < -0.4 is 10.6 Å². The van der Waals surface area contributed by atoms with Gasteiger partial charge in [0.2, 0.25) is 0 Å². The predicted octanol–water partition coefficient (Wildman–Crippen LogP) is 2.21. The highest BCUT2D eigenvalue weighted by Crippen LogP contribution is 2.14. The lowest BCUT2D eigenvalue weighted by molar-refractivity contribution is 0.547. The van der Waals surface area contributed by atoms with Gasteiger partial charge >= 0.3 is 0 Å². The molecule has 15 heavy (non-hydrogen) atoms. The van der Waals surface area contributed by atoms with Gasteiger partial charge in [0.15, 0.2) is 0 Å². The van der Waals surface area contributed by atoms with Gasteiger partial charge in [-0.25, -0.2) is 0 Å². The zero-order valence-electron chi connectivity index (χ0n) is 8.50. The van der Waals surface area contributed by atoms with Crippen LogP contribution in [0.15, 0.2) is 24.3 Å². The Hall–Kier alpha value is -0.280. The maximum atomic E-state index is 6.05. The fourth-order valence-corrected chi connectivity index (χ4v) is 1.93. The molecule has 2 N–H and O–H groups in total. The molecule has 1 heterocycles. The van der Waals surface area contributed by atoms with Crippen LogP contribution in [-0.2, 0) is 6.54 Å². The first kappa shape index (κ1) is 12.8. The first-order valence-electron chi connectivity index (χ1n) is 5.04. The van der Waals surface area contributed by atoms with Crippen molar-refractivity contribution in [1.82, 2.24) is 10.6 Å². The van der Waals surface area contributed by atoms with E-state index in [0.29, 0.717) is 6.04 Å². The summed E-state index contributed by atoms with van der Waals surface area (Å²) in [6.07, 6.45) is 1.21. The molecule has 0 bridgehead atoms. The Bertz CT molecular complexity index is 298. The second-order valence-corrected chi connectivity index (χ2v) is 4.07. The van der Waals surface area contributed by atoms with Gasteiger partial charge in [0.25, 0.3) is 0 Å². The lowest BCUT2D eigenvalue weighted by Gasteiger charge is -2.11. The van der Waals surface area contributed by atoms with E-state index in [1.54, 1.807) is 0 Å². The van der Waals surface area contributed by atoms with Crippen LogP contribution in [0.3, 0.4) is 0 Å². The van der Waals surface area contributed by atoms with Crippen LogP contribution in [0.25, 0.3) is 0 Å². The summed E-state index contributed by atoms with van der Waals surface area (Å²) < 4.78 is 0. The molecule has 1 aromatic rings. The van der Waals surface area contributed by atoms with Gasteiger partial charge in [0.05, 0.1) is 0 Å². The summed E-state index contributed by atoms with van der Waals surface area (Å²) in [5, 5.41) is 7.67. The van der Waals surface area contributed by atoms with Gasteiger partial charge in [-0.3, -0.25) is 0 Å².